The Bertz CT molecular complexity index is 419. The second-order valence-corrected chi connectivity index (χ2v) is 6.10. The molecule has 0 saturated carbocycles. The highest BCUT2D eigenvalue weighted by Crippen LogP contribution is 2.42. The van der Waals surface area contributed by atoms with Crippen LogP contribution in [0.3, 0.4) is 0 Å². The summed E-state index contributed by atoms with van der Waals surface area (Å²) in [6.45, 7) is 8.92. The largest absolute Gasteiger partial charge is 0.369 e. The second kappa shape index (κ2) is 3.89. The zero-order chi connectivity index (χ0) is 12.0. The Morgan fingerprint density at radius 1 is 1.29 bits per heavy atom. The molecule has 1 spiro atoms. The molecule has 17 heavy (non-hydrogen) atoms. The Morgan fingerprint density at radius 3 is 2.65 bits per heavy atom. The average molecular weight is 251 g/mol. The maximum absolute atomic E-state index is 6.38. The molecule has 2 heterocycles. The van der Waals surface area contributed by atoms with Gasteiger partial charge in [-0.05, 0) is 44.0 Å². The summed E-state index contributed by atoms with van der Waals surface area (Å²) in [5.41, 5.74) is 4.32. The summed E-state index contributed by atoms with van der Waals surface area (Å²) in [6.07, 6.45) is 1.31. The van der Waals surface area contributed by atoms with Gasteiger partial charge in [0.05, 0.1) is 10.7 Å². The van der Waals surface area contributed by atoms with Crippen LogP contribution >= 0.6 is 11.6 Å². The molecule has 0 aliphatic carbocycles. The maximum Gasteiger partial charge on any atom is 0.0644 e. The zero-order valence-electron chi connectivity index (χ0n) is 10.5. The van der Waals surface area contributed by atoms with Crippen molar-refractivity contribution in [2.24, 2.45) is 5.41 Å². The van der Waals surface area contributed by atoms with Crippen molar-refractivity contribution in [3.8, 4) is 0 Å². The van der Waals surface area contributed by atoms with Crippen LogP contribution in [0.25, 0.3) is 0 Å². The number of halogens is 1. The first-order valence-corrected chi connectivity index (χ1v) is 6.70. The molecule has 1 aromatic rings. The van der Waals surface area contributed by atoms with E-state index >= 15 is 0 Å². The van der Waals surface area contributed by atoms with Gasteiger partial charge in [-0.3, -0.25) is 0 Å². The minimum Gasteiger partial charge on any atom is -0.369 e. The first-order valence-electron chi connectivity index (χ1n) is 6.32. The Kier molecular flexibility index (Phi) is 2.60. The van der Waals surface area contributed by atoms with Crippen LogP contribution in [-0.4, -0.2) is 26.2 Å². The lowest BCUT2D eigenvalue weighted by Gasteiger charge is -2.50. The Morgan fingerprint density at radius 2 is 2.06 bits per heavy atom. The third-order valence-corrected chi connectivity index (χ3v) is 4.39. The molecule has 92 valence electrons. The number of nitrogens with one attached hydrogen (secondary N) is 1. The van der Waals surface area contributed by atoms with E-state index in [0.29, 0.717) is 5.41 Å². The van der Waals surface area contributed by atoms with Crippen molar-refractivity contribution in [2.75, 3.05) is 31.1 Å². The molecule has 1 N–H and O–H groups in total. The highest BCUT2D eigenvalue weighted by Gasteiger charge is 2.45. The fraction of sp³-hybridized carbons (Fsp3) is 0.571. The standard InChI is InChI=1S/C14H19ClN2/c1-10-5-11(2)13(12(15)6-10)17-8-14(9-17)3-4-16-7-14/h5-6,16H,3-4,7-9H2,1-2H3. The molecule has 2 aliphatic heterocycles. The van der Waals surface area contributed by atoms with Gasteiger partial charge in [0.25, 0.3) is 0 Å². The monoisotopic (exact) mass is 250 g/mol. The van der Waals surface area contributed by atoms with E-state index in [-0.39, 0.29) is 0 Å². The number of hydrogen-bond acceptors (Lipinski definition) is 2. The molecule has 2 fully saturated rings. The van der Waals surface area contributed by atoms with Gasteiger partial charge in [-0.2, -0.15) is 0 Å². The number of benzene rings is 1. The van der Waals surface area contributed by atoms with E-state index in [1.165, 1.54) is 36.3 Å². The second-order valence-electron chi connectivity index (χ2n) is 5.70. The molecule has 0 amide bonds. The predicted octanol–water partition coefficient (Wildman–Crippen LogP) is 2.76. The number of anilines is 1. The third-order valence-electron chi connectivity index (χ3n) is 4.10. The quantitative estimate of drug-likeness (QED) is 0.825. The van der Waals surface area contributed by atoms with Crippen molar-refractivity contribution in [1.29, 1.82) is 0 Å². The van der Waals surface area contributed by atoms with Crippen LogP contribution in [0.2, 0.25) is 5.02 Å². The maximum atomic E-state index is 6.38. The van der Waals surface area contributed by atoms with Crippen LogP contribution in [0.5, 0.6) is 0 Å². The number of rotatable bonds is 1. The van der Waals surface area contributed by atoms with Gasteiger partial charge < -0.3 is 10.2 Å². The number of aryl methyl sites for hydroxylation is 2. The van der Waals surface area contributed by atoms with E-state index < -0.39 is 0 Å². The Balaban J connectivity index is 1.83. The third kappa shape index (κ3) is 1.84. The normalized spacial score (nSPS) is 21.9. The van der Waals surface area contributed by atoms with E-state index in [0.717, 1.165) is 18.1 Å². The topological polar surface area (TPSA) is 15.3 Å². The Labute approximate surface area is 108 Å². The molecule has 3 rings (SSSR count). The van der Waals surface area contributed by atoms with Gasteiger partial charge in [0, 0.05) is 25.0 Å². The van der Waals surface area contributed by atoms with Gasteiger partial charge in [-0.1, -0.05) is 17.7 Å². The summed E-state index contributed by atoms with van der Waals surface area (Å²) in [5, 5.41) is 4.37. The minimum atomic E-state index is 0.528. The Hall–Kier alpha value is -0.730. The first kappa shape index (κ1) is 11.4. The number of nitrogens with zero attached hydrogens (tertiary/aromatic N) is 1. The molecular weight excluding hydrogens is 232 g/mol. The van der Waals surface area contributed by atoms with Crippen molar-refractivity contribution in [3.63, 3.8) is 0 Å². The molecule has 0 atom stereocenters. The lowest BCUT2D eigenvalue weighted by molar-refractivity contribution is 0.243. The summed E-state index contributed by atoms with van der Waals surface area (Å²) in [6, 6.07) is 4.29. The molecular formula is C14H19ClN2. The van der Waals surface area contributed by atoms with Crippen molar-refractivity contribution in [3.05, 3.63) is 28.3 Å². The molecule has 1 aromatic carbocycles. The van der Waals surface area contributed by atoms with E-state index in [1.807, 2.05) is 0 Å². The van der Waals surface area contributed by atoms with Crippen LogP contribution in [-0.2, 0) is 0 Å². The van der Waals surface area contributed by atoms with E-state index in [1.54, 1.807) is 0 Å². The predicted molar refractivity (Wildman–Crippen MR) is 73.1 cm³/mol. The molecule has 2 nitrogen and oxygen atoms in total. The molecule has 0 unspecified atom stereocenters. The van der Waals surface area contributed by atoms with Crippen LogP contribution in [0.1, 0.15) is 17.5 Å². The minimum absolute atomic E-state index is 0.528. The summed E-state index contributed by atoms with van der Waals surface area (Å²) in [4.78, 5) is 2.43. The molecule has 2 saturated heterocycles. The molecule has 2 aliphatic rings. The highest BCUT2D eigenvalue weighted by atomic mass is 35.5. The van der Waals surface area contributed by atoms with Gasteiger partial charge in [0.1, 0.15) is 0 Å². The number of hydrogen-bond donors (Lipinski definition) is 1. The van der Waals surface area contributed by atoms with Crippen LogP contribution in [0, 0.1) is 19.3 Å². The van der Waals surface area contributed by atoms with Crippen molar-refractivity contribution >= 4 is 17.3 Å². The van der Waals surface area contributed by atoms with Crippen LogP contribution < -0.4 is 10.2 Å². The summed E-state index contributed by atoms with van der Waals surface area (Å²) >= 11 is 6.38. The van der Waals surface area contributed by atoms with Gasteiger partial charge in [-0.15, -0.1) is 0 Å². The van der Waals surface area contributed by atoms with Crippen LogP contribution in [0.15, 0.2) is 12.1 Å². The average Bonchev–Trinajstić information content (AvgIpc) is 2.63. The smallest absolute Gasteiger partial charge is 0.0644 e. The SMILES string of the molecule is Cc1cc(C)c(N2CC3(CCNC3)C2)c(Cl)c1. The summed E-state index contributed by atoms with van der Waals surface area (Å²) < 4.78 is 0. The van der Waals surface area contributed by atoms with Gasteiger partial charge in [-0.25, -0.2) is 0 Å². The van der Waals surface area contributed by atoms with Crippen molar-refractivity contribution in [1.82, 2.24) is 5.32 Å². The van der Waals surface area contributed by atoms with E-state index in [9.17, 15) is 0 Å². The lowest BCUT2D eigenvalue weighted by Crippen LogP contribution is -2.57. The fourth-order valence-corrected chi connectivity index (χ4v) is 3.74. The fourth-order valence-electron chi connectivity index (χ4n) is 3.30. The molecule has 3 heteroatoms. The van der Waals surface area contributed by atoms with Gasteiger partial charge >= 0.3 is 0 Å². The molecule has 0 bridgehead atoms. The first-order chi connectivity index (χ1) is 8.10. The van der Waals surface area contributed by atoms with Gasteiger partial charge in [0.15, 0.2) is 0 Å². The summed E-state index contributed by atoms with van der Waals surface area (Å²) in [7, 11) is 0. The molecule has 0 radical (unpaired) electrons. The van der Waals surface area contributed by atoms with Gasteiger partial charge in [0.2, 0.25) is 0 Å². The van der Waals surface area contributed by atoms with E-state index in [4.69, 9.17) is 11.6 Å². The van der Waals surface area contributed by atoms with Crippen molar-refractivity contribution < 1.29 is 0 Å². The zero-order valence-corrected chi connectivity index (χ0v) is 11.3. The summed E-state index contributed by atoms with van der Waals surface area (Å²) in [5.74, 6) is 0. The van der Waals surface area contributed by atoms with Crippen molar-refractivity contribution in [2.45, 2.75) is 20.3 Å². The van der Waals surface area contributed by atoms with Crippen LogP contribution in [0.4, 0.5) is 5.69 Å². The molecule has 0 aromatic heterocycles. The highest BCUT2D eigenvalue weighted by molar-refractivity contribution is 6.33. The lowest BCUT2D eigenvalue weighted by atomic mass is 9.78. The van der Waals surface area contributed by atoms with E-state index in [2.05, 4.69) is 36.2 Å².